The number of anilines is 1. The SMILES string of the molecule is COCCCN1Cc2cc(Cl)ccc2-n2c(nnc2C2CCN(c3ccc(C)c(F)n3)CC2)C1. The van der Waals surface area contributed by atoms with Crippen molar-refractivity contribution in [2.45, 2.75) is 45.2 Å². The van der Waals surface area contributed by atoms with Crippen molar-refractivity contribution in [3.05, 3.63) is 64.1 Å². The number of ether oxygens (including phenoxy) is 1. The molecular formula is C25H30ClFN6O. The van der Waals surface area contributed by atoms with Crippen molar-refractivity contribution in [2.24, 2.45) is 0 Å². The van der Waals surface area contributed by atoms with Gasteiger partial charge in [0.05, 0.1) is 12.2 Å². The molecule has 34 heavy (non-hydrogen) atoms. The maximum absolute atomic E-state index is 14.0. The second-order valence-corrected chi connectivity index (χ2v) is 9.61. The molecule has 0 saturated carbocycles. The first kappa shape index (κ1) is 23.2. The van der Waals surface area contributed by atoms with E-state index >= 15 is 0 Å². The van der Waals surface area contributed by atoms with Crippen LogP contribution in [0.5, 0.6) is 0 Å². The van der Waals surface area contributed by atoms with Crippen molar-refractivity contribution in [1.29, 1.82) is 0 Å². The minimum Gasteiger partial charge on any atom is -0.385 e. The Balaban J connectivity index is 1.39. The Morgan fingerprint density at radius 3 is 2.71 bits per heavy atom. The molecule has 2 aromatic heterocycles. The van der Waals surface area contributed by atoms with Crippen LogP contribution in [0, 0.1) is 12.9 Å². The van der Waals surface area contributed by atoms with E-state index in [1.165, 1.54) is 5.56 Å². The highest BCUT2D eigenvalue weighted by atomic mass is 35.5. The van der Waals surface area contributed by atoms with Crippen LogP contribution in [-0.4, -0.2) is 58.0 Å². The number of hydrogen-bond donors (Lipinski definition) is 0. The smallest absolute Gasteiger partial charge is 0.217 e. The lowest BCUT2D eigenvalue weighted by Gasteiger charge is -2.32. The monoisotopic (exact) mass is 484 g/mol. The molecule has 1 aromatic carbocycles. The summed E-state index contributed by atoms with van der Waals surface area (Å²) in [6.07, 6.45) is 2.78. The fourth-order valence-electron chi connectivity index (χ4n) is 4.98. The van der Waals surface area contributed by atoms with Gasteiger partial charge in [0.25, 0.3) is 0 Å². The van der Waals surface area contributed by atoms with Gasteiger partial charge in [-0.2, -0.15) is 4.39 Å². The predicted octanol–water partition coefficient (Wildman–Crippen LogP) is 4.50. The first-order chi connectivity index (χ1) is 16.5. The maximum Gasteiger partial charge on any atom is 0.217 e. The second kappa shape index (κ2) is 9.98. The molecule has 0 amide bonds. The van der Waals surface area contributed by atoms with Crippen molar-refractivity contribution in [3.8, 4) is 5.69 Å². The zero-order chi connectivity index (χ0) is 23.7. The summed E-state index contributed by atoms with van der Waals surface area (Å²) in [5.41, 5.74) is 2.86. The number of pyridine rings is 1. The minimum atomic E-state index is -0.396. The van der Waals surface area contributed by atoms with Crippen LogP contribution in [0.1, 0.15) is 48.0 Å². The molecule has 0 atom stereocenters. The number of hydrogen-bond acceptors (Lipinski definition) is 6. The van der Waals surface area contributed by atoms with Crippen LogP contribution in [0.25, 0.3) is 5.69 Å². The van der Waals surface area contributed by atoms with Gasteiger partial charge >= 0.3 is 0 Å². The van der Waals surface area contributed by atoms with Crippen LogP contribution in [0.15, 0.2) is 30.3 Å². The fraction of sp³-hybridized carbons (Fsp3) is 0.480. The summed E-state index contributed by atoms with van der Waals surface area (Å²) in [6, 6.07) is 9.78. The second-order valence-electron chi connectivity index (χ2n) is 9.18. The van der Waals surface area contributed by atoms with Crippen molar-refractivity contribution >= 4 is 17.4 Å². The normalized spacial score (nSPS) is 16.9. The van der Waals surface area contributed by atoms with Gasteiger partial charge in [0, 0.05) is 56.4 Å². The molecule has 2 aliphatic heterocycles. The third-order valence-electron chi connectivity index (χ3n) is 6.82. The quantitative estimate of drug-likeness (QED) is 0.379. The molecular weight excluding hydrogens is 455 g/mol. The number of rotatable bonds is 6. The van der Waals surface area contributed by atoms with Gasteiger partial charge in [-0.3, -0.25) is 9.47 Å². The lowest BCUT2D eigenvalue weighted by molar-refractivity contribution is 0.166. The Hall–Kier alpha value is -2.55. The fourth-order valence-corrected chi connectivity index (χ4v) is 5.18. The first-order valence-corrected chi connectivity index (χ1v) is 12.2. The zero-order valence-electron chi connectivity index (χ0n) is 19.7. The Morgan fingerprint density at radius 1 is 1.12 bits per heavy atom. The number of piperidine rings is 1. The van der Waals surface area contributed by atoms with Gasteiger partial charge in [0.15, 0.2) is 5.82 Å². The van der Waals surface area contributed by atoms with Gasteiger partial charge in [-0.05, 0) is 56.0 Å². The largest absolute Gasteiger partial charge is 0.385 e. The molecule has 1 saturated heterocycles. The Labute approximate surface area is 204 Å². The molecule has 5 rings (SSSR count). The summed E-state index contributed by atoms with van der Waals surface area (Å²) in [5, 5.41) is 10.0. The highest BCUT2D eigenvalue weighted by molar-refractivity contribution is 6.30. The van der Waals surface area contributed by atoms with E-state index in [0.717, 1.165) is 81.0 Å². The summed E-state index contributed by atoms with van der Waals surface area (Å²) in [7, 11) is 1.73. The number of benzene rings is 1. The maximum atomic E-state index is 14.0. The molecule has 0 radical (unpaired) electrons. The summed E-state index contributed by atoms with van der Waals surface area (Å²) in [5.74, 6) is 2.54. The lowest BCUT2D eigenvalue weighted by Crippen LogP contribution is -2.34. The molecule has 7 nitrogen and oxygen atoms in total. The van der Waals surface area contributed by atoms with Gasteiger partial charge in [0.1, 0.15) is 11.6 Å². The topological polar surface area (TPSA) is 59.3 Å². The third-order valence-corrected chi connectivity index (χ3v) is 7.06. The Morgan fingerprint density at radius 2 is 1.94 bits per heavy atom. The van der Waals surface area contributed by atoms with Crippen LogP contribution >= 0.6 is 11.6 Å². The number of nitrogens with zero attached hydrogens (tertiary/aromatic N) is 6. The van der Waals surface area contributed by atoms with Gasteiger partial charge < -0.3 is 9.64 Å². The molecule has 1 fully saturated rings. The number of halogens is 2. The van der Waals surface area contributed by atoms with Crippen molar-refractivity contribution in [3.63, 3.8) is 0 Å². The summed E-state index contributed by atoms with van der Waals surface area (Å²) >= 11 is 6.37. The van der Waals surface area contributed by atoms with E-state index in [1.54, 1.807) is 20.1 Å². The summed E-state index contributed by atoms with van der Waals surface area (Å²) in [4.78, 5) is 8.68. The van der Waals surface area contributed by atoms with Crippen molar-refractivity contribution < 1.29 is 9.13 Å². The van der Waals surface area contributed by atoms with Gasteiger partial charge in [-0.15, -0.1) is 10.2 Å². The number of methoxy groups -OCH3 is 1. The molecule has 180 valence electrons. The molecule has 9 heteroatoms. The van der Waals surface area contributed by atoms with Crippen molar-refractivity contribution in [1.82, 2.24) is 24.6 Å². The molecule has 0 N–H and O–H groups in total. The minimum absolute atomic E-state index is 0.274. The Kier molecular flexibility index (Phi) is 6.81. The van der Waals surface area contributed by atoms with Crippen LogP contribution in [0.2, 0.25) is 5.02 Å². The van der Waals surface area contributed by atoms with E-state index in [0.29, 0.717) is 11.4 Å². The summed E-state index contributed by atoms with van der Waals surface area (Å²) in [6.45, 7) is 6.53. The standard InChI is InChI=1S/C25H30ClFN6O/c1-17-4-7-22(28-24(17)27)32-11-8-18(9-12-32)25-30-29-23-16-31(10-3-13-34-2)15-19-14-20(26)5-6-21(19)33(23)25/h4-7,14,18H,3,8-13,15-16H2,1-2H3. The highest BCUT2D eigenvalue weighted by Crippen LogP contribution is 2.34. The molecule has 0 spiro atoms. The van der Waals surface area contributed by atoms with Crippen molar-refractivity contribution in [2.75, 3.05) is 38.3 Å². The zero-order valence-corrected chi connectivity index (χ0v) is 20.4. The highest BCUT2D eigenvalue weighted by Gasteiger charge is 2.30. The van der Waals surface area contributed by atoms with Gasteiger partial charge in [0.2, 0.25) is 5.95 Å². The van der Waals surface area contributed by atoms with E-state index < -0.39 is 5.95 Å². The van der Waals surface area contributed by atoms with Crippen LogP contribution in [0.3, 0.4) is 0 Å². The van der Waals surface area contributed by atoms with Crippen LogP contribution in [0.4, 0.5) is 10.2 Å². The predicted molar refractivity (Wildman–Crippen MR) is 130 cm³/mol. The summed E-state index contributed by atoms with van der Waals surface area (Å²) < 4.78 is 21.5. The molecule has 0 unspecified atom stereocenters. The average Bonchev–Trinajstić information content (AvgIpc) is 3.17. The van der Waals surface area contributed by atoms with E-state index in [-0.39, 0.29) is 5.92 Å². The van der Waals surface area contributed by atoms with E-state index in [9.17, 15) is 4.39 Å². The molecule has 0 bridgehead atoms. The van der Waals surface area contributed by atoms with Gasteiger partial charge in [-0.1, -0.05) is 17.7 Å². The molecule has 3 aromatic rings. The number of aromatic nitrogens is 4. The third kappa shape index (κ3) is 4.67. The molecule has 4 heterocycles. The number of fused-ring (bicyclic) bond motifs is 3. The van der Waals surface area contributed by atoms with Gasteiger partial charge in [-0.25, -0.2) is 4.98 Å². The molecule has 2 aliphatic rings. The first-order valence-electron chi connectivity index (χ1n) is 11.9. The lowest BCUT2D eigenvalue weighted by atomic mass is 9.95. The van der Waals surface area contributed by atoms with E-state index in [2.05, 4.69) is 41.7 Å². The average molecular weight is 485 g/mol. The molecule has 0 aliphatic carbocycles. The van der Waals surface area contributed by atoms with Crippen LogP contribution in [-0.2, 0) is 17.8 Å². The van der Waals surface area contributed by atoms with E-state index in [4.69, 9.17) is 16.3 Å². The van der Waals surface area contributed by atoms with Crippen LogP contribution < -0.4 is 4.90 Å². The number of aryl methyl sites for hydroxylation is 1. The van der Waals surface area contributed by atoms with E-state index in [1.807, 2.05) is 12.1 Å². The Bertz CT molecular complexity index is 1160.